The first-order valence-corrected chi connectivity index (χ1v) is 9.53. The zero-order valence-corrected chi connectivity index (χ0v) is 15.4. The number of hydrogen-bond donors (Lipinski definition) is 1. The van der Waals surface area contributed by atoms with Gasteiger partial charge in [0, 0.05) is 22.5 Å². The minimum Gasteiger partial charge on any atom is -0.301 e. The Balaban J connectivity index is 1.63. The normalized spacial score (nSPS) is 17.8. The summed E-state index contributed by atoms with van der Waals surface area (Å²) in [5.74, 6) is 2.62. The van der Waals surface area contributed by atoms with Crippen LogP contribution in [0.2, 0.25) is 5.02 Å². The lowest BCUT2D eigenvalue weighted by Gasteiger charge is -2.32. The van der Waals surface area contributed by atoms with Gasteiger partial charge < -0.3 is 5.32 Å². The van der Waals surface area contributed by atoms with E-state index >= 15 is 0 Å². The van der Waals surface area contributed by atoms with E-state index in [4.69, 9.17) is 18.0 Å². The molecular weight excluding hydrogens is 354 g/mol. The van der Waals surface area contributed by atoms with Crippen LogP contribution < -0.4 is 5.32 Å². The lowest BCUT2D eigenvalue weighted by atomic mass is 10.0. The molecule has 3 rings (SSSR count). The van der Waals surface area contributed by atoms with E-state index in [-0.39, 0.29) is 11.9 Å². The monoisotopic (exact) mass is 373 g/mol. The maximum Gasteiger partial charge on any atom is 0.243 e. The molecule has 1 aliphatic rings. The Kier molecular flexibility index (Phi) is 6.09. The van der Waals surface area contributed by atoms with Gasteiger partial charge in [-0.1, -0.05) is 42.1 Å². The lowest BCUT2D eigenvalue weighted by molar-refractivity contribution is -0.122. The van der Waals surface area contributed by atoms with Crippen molar-refractivity contribution in [1.82, 2.24) is 9.88 Å². The molecule has 1 aromatic carbocycles. The Morgan fingerprint density at radius 1 is 1.44 bits per heavy atom. The molecule has 6 heteroatoms. The van der Waals surface area contributed by atoms with Crippen molar-refractivity contribution < 1.29 is 4.79 Å². The van der Waals surface area contributed by atoms with Crippen molar-refractivity contribution in [2.24, 2.45) is 0 Å². The van der Waals surface area contributed by atoms with Gasteiger partial charge in [-0.05, 0) is 31.0 Å². The van der Waals surface area contributed by atoms with Crippen LogP contribution >= 0.6 is 22.9 Å². The van der Waals surface area contributed by atoms with Crippen molar-refractivity contribution in [3.8, 4) is 12.3 Å². The molecule has 0 spiro atoms. The summed E-state index contributed by atoms with van der Waals surface area (Å²) in [5.41, 5.74) is 1.05. The number of halogens is 1. The zero-order chi connectivity index (χ0) is 17.6. The Morgan fingerprint density at radius 2 is 2.28 bits per heavy atom. The van der Waals surface area contributed by atoms with E-state index in [0.29, 0.717) is 18.1 Å². The first-order valence-electron chi connectivity index (χ1n) is 8.34. The molecule has 0 bridgehead atoms. The van der Waals surface area contributed by atoms with Crippen molar-refractivity contribution in [1.29, 1.82) is 0 Å². The average Bonchev–Trinajstić information content (AvgIpc) is 3.05. The smallest absolute Gasteiger partial charge is 0.243 e. The Bertz CT molecular complexity index is 783. The van der Waals surface area contributed by atoms with Crippen molar-refractivity contribution in [2.75, 3.05) is 18.4 Å². The van der Waals surface area contributed by atoms with Crippen LogP contribution in [0.25, 0.3) is 0 Å². The van der Waals surface area contributed by atoms with Crippen molar-refractivity contribution in [3.05, 3.63) is 45.9 Å². The molecule has 1 atom stereocenters. The number of piperidine rings is 1. The first-order chi connectivity index (χ1) is 12.2. The molecule has 0 aliphatic carbocycles. The fraction of sp³-hybridized carbons (Fsp3) is 0.368. The number of rotatable bonds is 5. The fourth-order valence-electron chi connectivity index (χ4n) is 3.06. The van der Waals surface area contributed by atoms with Crippen LogP contribution in [0.3, 0.4) is 0 Å². The van der Waals surface area contributed by atoms with Gasteiger partial charge in [-0.2, -0.15) is 0 Å². The third-order valence-electron chi connectivity index (χ3n) is 4.32. The van der Waals surface area contributed by atoms with Gasteiger partial charge in [0.05, 0.1) is 12.6 Å². The van der Waals surface area contributed by atoms with E-state index in [1.807, 2.05) is 24.3 Å². The van der Waals surface area contributed by atoms with Crippen LogP contribution in [0, 0.1) is 12.3 Å². The zero-order valence-electron chi connectivity index (χ0n) is 13.9. The number of carbonyl (C=O) groups is 1. The molecular formula is C19H20ClN3OS. The number of hydrogen-bond acceptors (Lipinski definition) is 4. The van der Waals surface area contributed by atoms with Gasteiger partial charge in [0.1, 0.15) is 0 Å². The summed E-state index contributed by atoms with van der Waals surface area (Å²) in [6.45, 7) is 1.38. The van der Waals surface area contributed by atoms with Crippen LogP contribution in [0.4, 0.5) is 5.13 Å². The lowest BCUT2D eigenvalue weighted by Crippen LogP contribution is -2.47. The number of likely N-dealkylation sites (tertiary alicyclic amines) is 1. The number of carbonyl (C=O) groups excluding carboxylic acids is 1. The summed E-state index contributed by atoms with van der Waals surface area (Å²) in [6.07, 6.45) is 10.9. The largest absolute Gasteiger partial charge is 0.301 e. The predicted molar refractivity (Wildman–Crippen MR) is 103 cm³/mol. The highest BCUT2D eigenvalue weighted by atomic mass is 35.5. The third-order valence-corrected chi connectivity index (χ3v) is 5.60. The summed E-state index contributed by atoms with van der Waals surface area (Å²) in [4.78, 5) is 20.1. The summed E-state index contributed by atoms with van der Waals surface area (Å²) in [5, 5.41) is 4.31. The van der Waals surface area contributed by atoms with Gasteiger partial charge in [-0.25, -0.2) is 4.98 Å². The fourth-order valence-corrected chi connectivity index (χ4v) is 4.10. The molecule has 2 aromatic rings. The number of thiazole rings is 1. The minimum absolute atomic E-state index is 0.0198. The minimum atomic E-state index is -0.166. The molecule has 1 aromatic heterocycles. The molecule has 25 heavy (non-hydrogen) atoms. The molecule has 0 radical (unpaired) electrons. The maximum atomic E-state index is 12.6. The standard InChI is InChI=1S/C19H20ClN3OS/c1-2-10-23-11-6-5-9-17(23)18(24)22-19-21-13-15(25-19)12-14-7-3-4-8-16(14)20/h1,3-4,7-8,13,17H,5-6,9-12H2,(H,21,22,24). The Morgan fingerprint density at radius 3 is 3.08 bits per heavy atom. The molecule has 1 amide bonds. The van der Waals surface area contributed by atoms with Crippen molar-refractivity contribution in [3.63, 3.8) is 0 Å². The third kappa shape index (κ3) is 4.60. The summed E-state index contributed by atoms with van der Waals surface area (Å²) in [6, 6.07) is 7.59. The van der Waals surface area contributed by atoms with Gasteiger partial charge in [0.15, 0.2) is 5.13 Å². The highest BCUT2D eigenvalue weighted by Gasteiger charge is 2.28. The van der Waals surface area contributed by atoms with Crippen molar-refractivity contribution >= 4 is 34.0 Å². The molecule has 2 heterocycles. The number of nitrogens with zero attached hydrogens (tertiary/aromatic N) is 2. The number of benzene rings is 1. The topological polar surface area (TPSA) is 45.2 Å². The van der Waals surface area contributed by atoms with E-state index in [9.17, 15) is 4.79 Å². The quantitative estimate of drug-likeness (QED) is 0.810. The number of amides is 1. The van der Waals surface area contributed by atoms with E-state index in [2.05, 4.69) is 21.1 Å². The van der Waals surface area contributed by atoms with E-state index < -0.39 is 0 Å². The van der Waals surface area contributed by atoms with Crippen LogP contribution in [-0.2, 0) is 11.2 Å². The first kappa shape index (κ1) is 17.9. The van der Waals surface area contributed by atoms with Crippen LogP contribution in [-0.4, -0.2) is 34.9 Å². The summed E-state index contributed by atoms with van der Waals surface area (Å²) >= 11 is 7.69. The molecule has 1 N–H and O–H groups in total. The number of anilines is 1. The average molecular weight is 374 g/mol. The van der Waals surface area contributed by atoms with Crippen LogP contribution in [0.15, 0.2) is 30.5 Å². The molecule has 130 valence electrons. The number of nitrogens with one attached hydrogen (secondary N) is 1. The van der Waals surface area contributed by atoms with Gasteiger partial charge >= 0.3 is 0 Å². The summed E-state index contributed by atoms with van der Waals surface area (Å²) < 4.78 is 0. The second-order valence-corrected chi connectivity index (χ2v) is 7.60. The highest BCUT2D eigenvalue weighted by Crippen LogP contribution is 2.25. The van der Waals surface area contributed by atoms with Crippen LogP contribution in [0.1, 0.15) is 29.7 Å². The molecule has 0 saturated carbocycles. The highest BCUT2D eigenvalue weighted by molar-refractivity contribution is 7.15. The predicted octanol–water partition coefficient (Wildman–Crippen LogP) is 3.81. The van der Waals surface area contributed by atoms with E-state index in [1.54, 1.807) is 6.20 Å². The second kappa shape index (κ2) is 8.48. The molecule has 1 aliphatic heterocycles. The van der Waals surface area contributed by atoms with Gasteiger partial charge in [0.25, 0.3) is 0 Å². The van der Waals surface area contributed by atoms with Gasteiger partial charge in [-0.15, -0.1) is 17.8 Å². The summed E-state index contributed by atoms with van der Waals surface area (Å²) in [7, 11) is 0. The van der Waals surface area contributed by atoms with E-state index in [1.165, 1.54) is 11.3 Å². The second-order valence-electron chi connectivity index (χ2n) is 6.08. The molecule has 4 nitrogen and oxygen atoms in total. The van der Waals surface area contributed by atoms with Crippen molar-refractivity contribution in [2.45, 2.75) is 31.7 Å². The SMILES string of the molecule is C#CCN1CCCCC1C(=O)Nc1ncc(Cc2ccccc2Cl)s1. The van der Waals surface area contributed by atoms with E-state index in [0.717, 1.165) is 41.3 Å². The van der Waals surface area contributed by atoms with Crippen LogP contribution in [0.5, 0.6) is 0 Å². The molecule has 1 saturated heterocycles. The Labute approximate surface area is 157 Å². The molecule has 1 fully saturated rings. The van der Waals surface area contributed by atoms with Gasteiger partial charge in [-0.3, -0.25) is 9.69 Å². The maximum absolute atomic E-state index is 12.6. The number of terminal acetylenes is 1. The molecule has 1 unspecified atom stereocenters. The Hall–Kier alpha value is -1.87. The van der Waals surface area contributed by atoms with Gasteiger partial charge in [0.2, 0.25) is 5.91 Å². The number of aromatic nitrogens is 1.